The maximum atomic E-state index is 9.47. The van der Waals surface area contributed by atoms with Gasteiger partial charge in [0, 0.05) is 21.8 Å². The van der Waals surface area contributed by atoms with Crippen LogP contribution in [0.2, 0.25) is 0 Å². The van der Waals surface area contributed by atoms with Crippen LogP contribution >= 0.6 is 11.8 Å². The number of thioether (sulfide) groups is 1. The molecule has 0 saturated carbocycles. The van der Waals surface area contributed by atoms with E-state index < -0.39 is 0 Å². The largest absolute Gasteiger partial charge is 0.500 e. The van der Waals surface area contributed by atoms with Crippen LogP contribution in [0, 0.1) is 0 Å². The number of nitrogens with zero attached hydrogens (tertiary/aromatic N) is 1. The highest BCUT2D eigenvalue weighted by molar-refractivity contribution is 8.02. The Morgan fingerprint density at radius 2 is 2.36 bits per heavy atom. The summed E-state index contributed by atoms with van der Waals surface area (Å²) < 4.78 is 6.35. The minimum absolute atomic E-state index is 0.804. The fraction of sp³-hybridized carbons (Fsp3) is 0.300. The minimum atomic E-state index is 0.804. The van der Waals surface area contributed by atoms with Crippen LogP contribution in [0.15, 0.2) is 40.6 Å². The van der Waals surface area contributed by atoms with Gasteiger partial charge in [0.1, 0.15) is 0 Å². The average Bonchev–Trinajstić information content (AvgIpc) is 2.23. The van der Waals surface area contributed by atoms with Crippen molar-refractivity contribution in [2.24, 2.45) is 0 Å². The first-order valence-corrected chi connectivity index (χ1v) is 5.36. The summed E-state index contributed by atoms with van der Waals surface area (Å²) in [5.41, 5.74) is 0. The lowest BCUT2D eigenvalue weighted by Crippen LogP contribution is -2.31. The zero-order valence-corrected chi connectivity index (χ0v) is 8.54. The molecule has 0 aromatic carbocycles. The van der Waals surface area contributed by atoms with E-state index in [1.54, 1.807) is 30.3 Å². The standard InChI is InChI=1S/C10H12NO2S/c12-11-6-2-1-5-10(11)14-9-4-3-7-13-8-9/h1-2,5-6,8,12H,3-4,7H2/q+1. The molecule has 1 aliphatic heterocycles. The fourth-order valence-corrected chi connectivity index (χ4v) is 2.18. The van der Waals surface area contributed by atoms with Crippen molar-refractivity contribution in [3.05, 3.63) is 35.6 Å². The molecule has 1 N–H and O–H groups in total. The zero-order valence-electron chi connectivity index (χ0n) is 7.72. The molecule has 0 amide bonds. The van der Waals surface area contributed by atoms with Gasteiger partial charge in [-0.05, 0) is 30.7 Å². The minimum Gasteiger partial charge on any atom is -0.500 e. The van der Waals surface area contributed by atoms with E-state index in [2.05, 4.69) is 0 Å². The molecule has 3 nitrogen and oxygen atoms in total. The first-order valence-electron chi connectivity index (χ1n) is 4.55. The number of allylic oxidation sites excluding steroid dienone is 1. The molecule has 2 rings (SSSR count). The first-order chi connectivity index (χ1) is 6.86. The summed E-state index contributed by atoms with van der Waals surface area (Å²) in [7, 11) is 0. The molecular weight excluding hydrogens is 198 g/mol. The molecule has 2 heterocycles. The van der Waals surface area contributed by atoms with Crippen LogP contribution in [-0.4, -0.2) is 11.8 Å². The predicted molar refractivity (Wildman–Crippen MR) is 52.9 cm³/mol. The molecule has 4 heteroatoms. The third-order valence-corrected chi connectivity index (χ3v) is 3.03. The second-order valence-corrected chi connectivity index (χ2v) is 4.19. The Morgan fingerprint density at radius 1 is 1.43 bits per heavy atom. The highest BCUT2D eigenvalue weighted by atomic mass is 32.2. The van der Waals surface area contributed by atoms with Crippen molar-refractivity contribution < 1.29 is 14.7 Å². The topological polar surface area (TPSA) is 33.3 Å². The Hall–Kier alpha value is -1.16. The van der Waals surface area contributed by atoms with E-state index in [9.17, 15) is 5.21 Å². The van der Waals surface area contributed by atoms with Gasteiger partial charge in [0.05, 0.1) is 12.9 Å². The van der Waals surface area contributed by atoms with Crippen LogP contribution in [0.25, 0.3) is 0 Å². The van der Waals surface area contributed by atoms with Gasteiger partial charge in [-0.3, -0.25) is 5.21 Å². The van der Waals surface area contributed by atoms with Gasteiger partial charge in [0.15, 0.2) is 0 Å². The quantitative estimate of drug-likeness (QED) is 0.598. The summed E-state index contributed by atoms with van der Waals surface area (Å²) in [6.45, 7) is 0.804. The van der Waals surface area contributed by atoms with Gasteiger partial charge < -0.3 is 4.74 Å². The molecular formula is C10H12NO2S+. The van der Waals surface area contributed by atoms with Crippen LogP contribution in [0.3, 0.4) is 0 Å². The Balaban J connectivity index is 2.10. The number of aromatic nitrogens is 1. The molecule has 0 spiro atoms. The van der Waals surface area contributed by atoms with Gasteiger partial charge in [-0.15, -0.1) is 0 Å². The van der Waals surface area contributed by atoms with E-state index in [-0.39, 0.29) is 0 Å². The van der Waals surface area contributed by atoms with Gasteiger partial charge in [0.25, 0.3) is 5.03 Å². The van der Waals surface area contributed by atoms with E-state index in [1.807, 2.05) is 12.1 Å². The van der Waals surface area contributed by atoms with Gasteiger partial charge in [0.2, 0.25) is 6.20 Å². The molecule has 1 aromatic rings. The lowest BCUT2D eigenvalue weighted by molar-refractivity contribution is -0.932. The van der Waals surface area contributed by atoms with Crippen LogP contribution in [-0.2, 0) is 4.74 Å². The zero-order chi connectivity index (χ0) is 9.80. The molecule has 74 valence electrons. The summed E-state index contributed by atoms with van der Waals surface area (Å²) in [6, 6.07) is 5.56. The summed E-state index contributed by atoms with van der Waals surface area (Å²) in [6.07, 6.45) is 5.48. The Labute approximate surface area is 87.0 Å². The molecule has 0 saturated heterocycles. The fourth-order valence-electron chi connectivity index (χ4n) is 1.25. The van der Waals surface area contributed by atoms with Crippen molar-refractivity contribution in [2.75, 3.05) is 6.61 Å². The molecule has 0 atom stereocenters. The van der Waals surface area contributed by atoms with E-state index >= 15 is 0 Å². The highest BCUT2D eigenvalue weighted by Crippen LogP contribution is 2.29. The number of rotatable bonds is 2. The first kappa shape index (κ1) is 9.40. The van der Waals surface area contributed by atoms with Crippen molar-refractivity contribution in [3.8, 4) is 0 Å². The molecule has 14 heavy (non-hydrogen) atoms. The van der Waals surface area contributed by atoms with Gasteiger partial charge in [-0.1, -0.05) is 0 Å². The van der Waals surface area contributed by atoms with E-state index in [0.29, 0.717) is 0 Å². The summed E-state index contributed by atoms with van der Waals surface area (Å²) in [4.78, 5) is 1.16. The number of hydrogen-bond acceptors (Lipinski definition) is 3. The third-order valence-electron chi connectivity index (χ3n) is 1.94. The highest BCUT2D eigenvalue weighted by Gasteiger charge is 2.14. The Bertz CT molecular complexity index is 352. The van der Waals surface area contributed by atoms with Crippen LogP contribution < -0.4 is 4.73 Å². The molecule has 1 aliphatic rings. The number of pyridine rings is 1. The molecule has 0 fully saturated rings. The third kappa shape index (κ3) is 2.20. The summed E-state index contributed by atoms with van der Waals surface area (Å²) in [5, 5.41) is 10.3. The SMILES string of the molecule is O[n+]1ccccc1SC1=COCCC1. The average molecular weight is 210 g/mol. The monoisotopic (exact) mass is 210 g/mol. The van der Waals surface area contributed by atoms with Crippen molar-refractivity contribution in [2.45, 2.75) is 17.9 Å². The van der Waals surface area contributed by atoms with Gasteiger partial charge in [-0.2, -0.15) is 0 Å². The molecule has 0 aliphatic carbocycles. The maximum Gasteiger partial charge on any atom is 0.295 e. The second-order valence-electron chi connectivity index (χ2n) is 3.04. The van der Waals surface area contributed by atoms with E-state index in [0.717, 1.165) is 34.1 Å². The summed E-state index contributed by atoms with van der Waals surface area (Å²) in [5.74, 6) is 0. The van der Waals surface area contributed by atoms with Crippen molar-refractivity contribution in [1.29, 1.82) is 0 Å². The second kappa shape index (κ2) is 4.37. The van der Waals surface area contributed by atoms with Crippen molar-refractivity contribution in [1.82, 2.24) is 0 Å². The van der Waals surface area contributed by atoms with E-state index in [4.69, 9.17) is 4.74 Å². The van der Waals surface area contributed by atoms with Gasteiger partial charge >= 0.3 is 0 Å². The van der Waals surface area contributed by atoms with Crippen molar-refractivity contribution in [3.63, 3.8) is 0 Å². The lowest BCUT2D eigenvalue weighted by Gasteiger charge is -2.10. The van der Waals surface area contributed by atoms with Crippen LogP contribution in [0.1, 0.15) is 12.8 Å². The molecule has 0 radical (unpaired) electrons. The Morgan fingerprint density at radius 3 is 3.07 bits per heavy atom. The molecule has 1 aromatic heterocycles. The summed E-state index contributed by atoms with van der Waals surface area (Å²) >= 11 is 1.54. The van der Waals surface area contributed by atoms with Crippen LogP contribution in [0.4, 0.5) is 0 Å². The maximum absolute atomic E-state index is 9.47. The lowest BCUT2D eigenvalue weighted by atomic mass is 10.3. The molecule has 0 unspecified atom stereocenters. The number of ether oxygens (including phenoxy) is 1. The predicted octanol–water partition coefficient (Wildman–Crippen LogP) is 1.96. The van der Waals surface area contributed by atoms with E-state index in [1.165, 1.54) is 0 Å². The molecule has 0 bridgehead atoms. The normalized spacial score (nSPS) is 15.9. The Kier molecular flexibility index (Phi) is 2.93. The van der Waals surface area contributed by atoms with Crippen molar-refractivity contribution >= 4 is 11.8 Å². The van der Waals surface area contributed by atoms with Crippen LogP contribution in [0.5, 0.6) is 0 Å². The smallest absolute Gasteiger partial charge is 0.295 e. The van der Waals surface area contributed by atoms with Gasteiger partial charge in [-0.25, -0.2) is 0 Å². The number of hydrogen-bond donors (Lipinski definition) is 1.